The van der Waals surface area contributed by atoms with Crippen LogP contribution < -0.4 is 18.7 Å². The van der Waals surface area contributed by atoms with Gasteiger partial charge in [-0.05, 0) is 23.8 Å². The first kappa shape index (κ1) is 21.0. The number of carbonyl (C=O) groups excluding carboxylic acids is 1. The van der Waals surface area contributed by atoms with Gasteiger partial charge in [0.05, 0.1) is 32.1 Å². The smallest absolute Gasteiger partial charge is 0.343 e. The van der Waals surface area contributed by atoms with Gasteiger partial charge in [-0.2, -0.15) is 4.31 Å². The van der Waals surface area contributed by atoms with Crippen molar-refractivity contribution in [3.8, 4) is 11.5 Å². The molecule has 0 bridgehead atoms. The Labute approximate surface area is 185 Å². The number of hydrogen-bond acceptors (Lipinski definition) is 5. The number of anilines is 2. The first-order valence-electron chi connectivity index (χ1n) is 9.29. The number of sulfonamides is 1. The Hall–Kier alpha value is -3.23. The van der Waals surface area contributed by atoms with Crippen LogP contribution in [0.4, 0.5) is 16.2 Å². The molecule has 4 rings (SSSR count). The zero-order chi connectivity index (χ0) is 22.2. The number of para-hydroxylation sites is 1. The van der Waals surface area contributed by atoms with E-state index in [0.717, 1.165) is 4.31 Å². The normalized spacial score (nSPS) is 14.9. The predicted octanol–water partition coefficient (Wildman–Crippen LogP) is 4.69. The Kier molecular flexibility index (Phi) is 5.51. The number of fused-ring (bicyclic) bond motifs is 1. The van der Waals surface area contributed by atoms with Crippen LogP contribution in [-0.4, -0.2) is 28.7 Å². The van der Waals surface area contributed by atoms with Gasteiger partial charge in [-0.3, -0.25) is 4.90 Å². The monoisotopic (exact) mass is 458 g/mol. The Morgan fingerprint density at radius 2 is 1.52 bits per heavy atom. The number of benzene rings is 3. The number of nitrogens with zero attached hydrogens (tertiary/aromatic N) is 2. The van der Waals surface area contributed by atoms with Crippen molar-refractivity contribution in [2.24, 2.45) is 0 Å². The van der Waals surface area contributed by atoms with Crippen molar-refractivity contribution in [1.82, 2.24) is 0 Å². The van der Waals surface area contributed by atoms with E-state index in [4.69, 9.17) is 21.1 Å². The fourth-order valence-corrected chi connectivity index (χ4v) is 5.19. The van der Waals surface area contributed by atoms with E-state index in [9.17, 15) is 13.2 Å². The van der Waals surface area contributed by atoms with Gasteiger partial charge >= 0.3 is 6.03 Å². The molecule has 3 aromatic rings. The molecule has 0 atom stereocenters. The Bertz CT molecular complexity index is 1240. The van der Waals surface area contributed by atoms with Crippen molar-refractivity contribution < 1.29 is 22.7 Å². The third kappa shape index (κ3) is 3.68. The number of amides is 2. The molecule has 3 aromatic carbocycles. The van der Waals surface area contributed by atoms with Crippen molar-refractivity contribution in [3.63, 3.8) is 0 Å². The molecule has 160 valence electrons. The van der Waals surface area contributed by atoms with Crippen LogP contribution >= 0.6 is 11.6 Å². The van der Waals surface area contributed by atoms with Crippen LogP contribution in [0.3, 0.4) is 0 Å². The maximum absolute atomic E-state index is 13.6. The Morgan fingerprint density at radius 1 is 0.903 bits per heavy atom. The molecule has 0 saturated carbocycles. The molecule has 0 N–H and O–H groups in total. The first-order valence-corrected chi connectivity index (χ1v) is 11.1. The lowest BCUT2D eigenvalue weighted by atomic mass is 10.2. The largest absolute Gasteiger partial charge is 0.497 e. The fraction of sp³-hybridized carbons (Fsp3) is 0.136. The molecule has 0 aromatic heterocycles. The van der Waals surface area contributed by atoms with E-state index in [0.29, 0.717) is 27.8 Å². The number of hydrogen-bond donors (Lipinski definition) is 0. The summed E-state index contributed by atoms with van der Waals surface area (Å²) in [5.41, 5.74) is 1.09. The zero-order valence-corrected chi connectivity index (χ0v) is 18.4. The lowest BCUT2D eigenvalue weighted by Crippen LogP contribution is -2.50. The number of carbonyl (C=O) groups is 1. The van der Waals surface area contributed by atoms with Gasteiger partial charge in [-0.25, -0.2) is 13.2 Å². The highest BCUT2D eigenvalue weighted by atomic mass is 35.5. The molecular formula is C22H19ClN2O5S. The average Bonchev–Trinajstić information content (AvgIpc) is 2.77. The highest BCUT2D eigenvalue weighted by Crippen LogP contribution is 2.40. The minimum atomic E-state index is -4.17. The van der Waals surface area contributed by atoms with Crippen LogP contribution in [0.2, 0.25) is 5.02 Å². The van der Waals surface area contributed by atoms with E-state index in [1.807, 2.05) is 6.07 Å². The highest BCUT2D eigenvalue weighted by Gasteiger charge is 2.42. The van der Waals surface area contributed by atoms with Gasteiger partial charge in [0.2, 0.25) is 0 Å². The summed E-state index contributed by atoms with van der Waals surface area (Å²) in [5, 5.41) is 0.482. The lowest BCUT2D eigenvalue weighted by molar-refractivity contribution is 0.253. The van der Waals surface area contributed by atoms with Gasteiger partial charge in [-0.15, -0.1) is 0 Å². The van der Waals surface area contributed by atoms with E-state index in [-0.39, 0.29) is 17.1 Å². The van der Waals surface area contributed by atoms with Crippen LogP contribution in [0.5, 0.6) is 11.5 Å². The van der Waals surface area contributed by atoms with Crippen LogP contribution in [0.1, 0.15) is 5.56 Å². The van der Waals surface area contributed by atoms with Gasteiger partial charge in [0, 0.05) is 23.2 Å². The van der Waals surface area contributed by atoms with Gasteiger partial charge in [0.15, 0.2) is 0 Å². The molecule has 1 aliphatic rings. The van der Waals surface area contributed by atoms with Gasteiger partial charge < -0.3 is 9.47 Å². The molecule has 31 heavy (non-hydrogen) atoms. The van der Waals surface area contributed by atoms with Crippen LogP contribution in [0.15, 0.2) is 71.6 Å². The topological polar surface area (TPSA) is 76.2 Å². The summed E-state index contributed by atoms with van der Waals surface area (Å²) in [6.07, 6.45) is 0. The summed E-state index contributed by atoms with van der Waals surface area (Å²) in [6, 6.07) is 17.3. The molecule has 1 aliphatic heterocycles. The standard InChI is InChI=1S/C22H19ClN2O5S/c1-29-17-11-16(12-18(13-17)30-2)25-22(26)24(14-15-7-3-4-8-19(15)23)20-9-5-6-10-21(20)31(25,27)28/h3-13H,14H2,1-2H3. The summed E-state index contributed by atoms with van der Waals surface area (Å²) < 4.78 is 38.2. The third-order valence-corrected chi connectivity index (χ3v) is 7.05. The van der Waals surface area contributed by atoms with Crippen molar-refractivity contribution in [3.05, 3.63) is 77.3 Å². The molecule has 0 fully saturated rings. The first-order chi connectivity index (χ1) is 14.9. The molecule has 2 amide bonds. The number of rotatable bonds is 5. The zero-order valence-electron chi connectivity index (χ0n) is 16.8. The highest BCUT2D eigenvalue weighted by molar-refractivity contribution is 7.94. The summed E-state index contributed by atoms with van der Waals surface area (Å²) in [7, 11) is -1.28. The van der Waals surface area contributed by atoms with Crippen molar-refractivity contribution in [1.29, 1.82) is 0 Å². The second kappa shape index (κ2) is 8.13. The summed E-state index contributed by atoms with van der Waals surface area (Å²) >= 11 is 6.30. The van der Waals surface area contributed by atoms with E-state index >= 15 is 0 Å². The molecule has 0 spiro atoms. The fourth-order valence-electron chi connectivity index (χ4n) is 3.42. The second-order valence-corrected chi connectivity index (χ2v) is 8.93. The average molecular weight is 459 g/mol. The Morgan fingerprint density at radius 3 is 2.16 bits per heavy atom. The molecule has 0 unspecified atom stereocenters. The van der Waals surface area contributed by atoms with E-state index < -0.39 is 16.1 Å². The van der Waals surface area contributed by atoms with Crippen molar-refractivity contribution in [2.45, 2.75) is 11.4 Å². The molecule has 0 saturated heterocycles. The maximum atomic E-state index is 13.6. The van der Waals surface area contributed by atoms with Gasteiger partial charge in [0.1, 0.15) is 16.4 Å². The van der Waals surface area contributed by atoms with E-state index in [2.05, 4.69) is 0 Å². The molecule has 9 heteroatoms. The van der Waals surface area contributed by atoms with Gasteiger partial charge in [-0.1, -0.05) is 41.9 Å². The molecule has 0 radical (unpaired) electrons. The number of methoxy groups -OCH3 is 2. The van der Waals surface area contributed by atoms with Crippen LogP contribution in [0, 0.1) is 0 Å². The van der Waals surface area contributed by atoms with Crippen molar-refractivity contribution in [2.75, 3.05) is 23.4 Å². The molecule has 7 nitrogen and oxygen atoms in total. The van der Waals surface area contributed by atoms with Crippen LogP contribution in [-0.2, 0) is 16.6 Å². The maximum Gasteiger partial charge on any atom is 0.343 e. The third-order valence-electron chi connectivity index (χ3n) is 4.94. The minimum absolute atomic E-state index is 0.0171. The minimum Gasteiger partial charge on any atom is -0.497 e. The molecule has 0 aliphatic carbocycles. The number of ether oxygens (including phenoxy) is 2. The van der Waals surface area contributed by atoms with Crippen molar-refractivity contribution >= 4 is 39.0 Å². The van der Waals surface area contributed by atoms with E-state index in [1.54, 1.807) is 42.5 Å². The Balaban J connectivity index is 1.90. The van der Waals surface area contributed by atoms with Gasteiger partial charge in [0.25, 0.3) is 10.0 Å². The predicted molar refractivity (Wildman–Crippen MR) is 119 cm³/mol. The van der Waals surface area contributed by atoms with E-state index in [1.165, 1.54) is 37.3 Å². The lowest BCUT2D eigenvalue weighted by Gasteiger charge is -2.36. The summed E-state index contributed by atoms with van der Waals surface area (Å²) in [5.74, 6) is 0.711. The quantitative estimate of drug-likeness (QED) is 0.554. The number of halogens is 1. The molecular weight excluding hydrogens is 440 g/mol. The van der Waals surface area contributed by atoms with Crippen LogP contribution in [0.25, 0.3) is 0 Å². The molecule has 1 heterocycles. The number of urea groups is 1. The summed E-state index contributed by atoms with van der Waals surface area (Å²) in [4.78, 5) is 15.0. The summed E-state index contributed by atoms with van der Waals surface area (Å²) in [6.45, 7) is 0.0998. The SMILES string of the molecule is COc1cc(OC)cc(N2C(=O)N(Cc3ccccc3Cl)c3ccccc3S2(=O)=O)c1. The second-order valence-electron chi connectivity index (χ2n) is 6.77.